The zero-order valence-corrected chi connectivity index (χ0v) is 16.2. The predicted octanol–water partition coefficient (Wildman–Crippen LogP) is 1.77. The van der Waals surface area contributed by atoms with E-state index in [4.69, 9.17) is 0 Å². The molecule has 2 N–H and O–H groups in total. The second kappa shape index (κ2) is 8.02. The first-order chi connectivity index (χ1) is 12.1. The molecule has 1 fully saturated rings. The third kappa shape index (κ3) is 4.22. The highest BCUT2D eigenvalue weighted by atomic mass is 32.1. The van der Waals surface area contributed by atoms with Gasteiger partial charge in [-0.15, -0.1) is 11.3 Å². The standard InChI is InChI=1S/C20H27N3OS/c1-15-6-4-8-19(16(15)2)23-11-9-22(10-12-23)17(3)20(24)21-14-18-7-5-13-25-18/h4-8,13,17H,9-12,14H2,1-3H3,(H,21,24)/p+1/t17-/m0/s1. The molecule has 1 aliphatic heterocycles. The molecular weight excluding hydrogens is 330 g/mol. The predicted molar refractivity (Wildman–Crippen MR) is 104 cm³/mol. The third-order valence-electron chi connectivity index (χ3n) is 5.35. The molecule has 0 radical (unpaired) electrons. The van der Waals surface area contributed by atoms with Gasteiger partial charge in [0.25, 0.3) is 5.91 Å². The monoisotopic (exact) mass is 358 g/mol. The summed E-state index contributed by atoms with van der Waals surface area (Å²) in [5, 5.41) is 5.12. The Balaban J connectivity index is 1.52. The van der Waals surface area contributed by atoms with Crippen molar-refractivity contribution in [1.82, 2.24) is 5.32 Å². The minimum atomic E-state index is 0.000665. The van der Waals surface area contributed by atoms with Gasteiger partial charge >= 0.3 is 0 Å². The van der Waals surface area contributed by atoms with Gasteiger partial charge in [-0.05, 0) is 49.4 Å². The second-order valence-corrected chi connectivity index (χ2v) is 7.92. The molecule has 0 aliphatic carbocycles. The van der Waals surface area contributed by atoms with E-state index < -0.39 is 0 Å². The van der Waals surface area contributed by atoms with Crippen molar-refractivity contribution in [2.75, 3.05) is 31.1 Å². The van der Waals surface area contributed by atoms with Crippen molar-refractivity contribution in [3.63, 3.8) is 0 Å². The fourth-order valence-electron chi connectivity index (χ4n) is 3.47. The Labute approximate surface area is 154 Å². The zero-order chi connectivity index (χ0) is 17.8. The lowest BCUT2D eigenvalue weighted by Gasteiger charge is -2.36. The number of benzene rings is 1. The van der Waals surface area contributed by atoms with Crippen molar-refractivity contribution >= 4 is 22.9 Å². The SMILES string of the molecule is Cc1cccc(N2CC[NH+]([C@@H](C)C(=O)NCc3cccs3)CC2)c1C. The number of amides is 1. The average Bonchev–Trinajstić information content (AvgIpc) is 3.15. The van der Waals surface area contributed by atoms with Gasteiger partial charge in [-0.2, -0.15) is 0 Å². The first kappa shape index (κ1) is 18.0. The van der Waals surface area contributed by atoms with Crippen LogP contribution in [0.5, 0.6) is 0 Å². The first-order valence-corrected chi connectivity index (χ1v) is 9.90. The maximum Gasteiger partial charge on any atom is 0.278 e. The Kier molecular flexibility index (Phi) is 5.76. The second-order valence-electron chi connectivity index (χ2n) is 6.88. The number of quaternary nitrogens is 1. The molecule has 3 rings (SSSR count). The summed E-state index contributed by atoms with van der Waals surface area (Å²) in [6.07, 6.45) is 0. The van der Waals surface area contributed by atoms with Gasteiger partial charge in [-0.1, -0.05) is 18.2 Å². The minimum Gasteiger partial charge on any atom is -0.360 e. The van der Waals surface area contributed by atoms with Crippen LogP contribution in [0.2, 0.25) is 0 Å². The molecule has 2 heterocycles. The van der Waals surface area contributed by atoms with Gasteiger partial charge in [0.05, 0.1) is 32.7 Å². The van der Waals surface area contributed by atoms with Crippen LogP contribution in [0.1, 0.15) is 22.9 Å². The number of hydrogen-bond acceptors (Lipinski definition) is 3. The zero-order valence-electron chi connectivity index (χ0n) is 15.3. The van der Waals surface area contributed by atoms with Gasteiger partial charge in [0.2, 0.25) is 0 Å². The van der Waals surface area contributed by atoms with Crippen LogP contribution in [0.25, 0.3) is 0 Å². The lowest BCUT2D eigenvalue weighted by Crippen LogP contribution is -3.19. The minimum absolute atomic E-state index is 0.000665. The normalized spacial score (nSPS) is 16.7. The molecule has 1 amide bonds. The maximum absolute atomic E-state index is 12.4. The number of piperazine rings is 1. The molecule has 134 valence electrons. The largest absolute Gasteiger partial charge is 0.360 e. The molecule has 0 unspecified atom stereocenters. The van der Waals surface area contributed by atoms with Crippen LogP contribution in [0, 0.1) is 13.8 Å². The number of carbonyl (C=O) groups excluding carboxylic acids is 1. The summed E-state index contributed by atoms with van der Waals surface area (Å²) in [6.45, 7) is 11.1. The summed E-state index contributed by atoms with van der Waals surface area (Å²) >= 11 is 1.68. The van der Waals surface area contributed by atoms with Gasteiger partial charge in [0.1, 0.15) is 0 Å². The van der Waals surface area contributed by atoms with E-state index in [-0.39, 0.29) is 11.9 Å². The maximum atomic E-state index is 12.4. The fourth-order valence-corrected chi connectivity index (χ4v) is 4.12. The van der Waals surface area contributed by atoms with E-state index >= 15 is 0 Å². The molecule has 1 aromatic carbocycles. The Morgan fingerprint density at radius 3 is 2.68 bits per heavy atom. The van der Waals surface area contributed by atoms with Gasteiger partial charge < -0.3 is 15.1 Å². The Hall–Kier alpha value is -1.85. The van der Waals surface area contributed by atoms with E-state index in [2.05, 4.69) is 48.3 Å². The van der Waals surface area contributed by atoms with Crippen LogP contribution in [0.4, 0.5) is 5.69 Å². The number of rotatable bonds is 5. The summed E-state index contributed by atoms with van der Waals surface area (Å²) < 4.78 is 0. The molecule has 0 bridgehead atoms. The van der Waals surface area contributed by atoms with Crippen LogP contribution in [-0.4, -0.2) is 38.1 Å². The molecule has 25 heavy (non-hydrogen) atoms. The molecular formula is C20H28N3OS+. The number of carbonyl (C=O) groups is 1. The molecule has 1 atom stereocenters. The molecule has 0 spiro atoms. The van der Waals surface area contributed by atoms with Crippen molar-refractivity contribution in [3.8, 4) is 0 Å². The number of aryl methyl sites for hydroxylation is 1. The number of thiophene rings is 1. The van der Waals surface area contributed by atoms with Crippen molar-refractivity contribution in [1.29, 1.82) is 0 Å². The highest BCUT2D eigenvalue weighted by Gasteiger charge is 2.29. The van der Waals surface area contributed by atoms with E-state index in [0.717, 1.165) is 26.2 Å². The molecule has 4 nitrogen and oxygen atoms in total. The third-order valence-corrected chi connectivity index (χ3v) is 6.22. The molecule has 1 aromatic heterocycles. The summed E-state index contributed by atoms with van der Waals surface area (Å²) in [5.41, 5.74) is 4.05. The highest BCUT2D eigenvalue weighted by Crippen LogP contribution is 2.22. The van der Waals surface area contributed by atoms with E-state index in [1.54, 1.807) is 11.3 Å². The molecule has 1 saturated heterocycles. The van der Waals surface area contributed by atoms with Crippen LogP contribution in [0.3, 0.4) is 0 Å². The van der Waals surface area contributed by atoms with Gasteiger partial charge in [0, 0.05) is 10.6 Å². The van der Waals surface area contributed by atoms with E-state index in [1.807, 2.05) is 18.4 Å². The summed E-state index contributed by atoms with van der Waals surface area (Å²) in [7, 11) is 0. The average molecular weight is 359 g/mol. The molecule has 1 aliphatic rings. The number of nitrogens with zero attached hydrogens (tertiary/aromatic N) is 1. The Bertz CT molecular complexity index is 706. The lowest BCUT2D eigenvalue weighted by atomic mass is 10.1. The van der Waals surface area contributed by atoms with E-state index in [1.165, 1.54) is 26.6 Å². The number of nitrogens with one attached hydrogen (secondary N) is 2. The molecule has 0 saturated carbocycles. The highest BCUT2D eigenvalue weighted by molar-refractivity contribution is 7.09. The van der Waals surface area contributed by atoms with Gasteiger partial charge in [0.15, 0.2) is 6.04 Å². The van der Waals surface area contributed by atoms with Crippen LogP contribution in [0.15, 0.2) is 35.7 Å². The smallest absolute Gasteiger partial charge is 0.278 e. The van der Waals surface area contributed by atoms with Crippen molar-refractivity contribution < 1.29 is 9.69 Å². The van der Waals surface area contributed by atoms with Crippen LogP contribution < -0.4 is 15.1 Å². The molecule has 5 heteroatoms. The van der Waals surface area contributed by atoms with Crippen LogP contribution in [-0.2, 0) is 11.3 Å². The van der Waals surface area contributed by atoms with Gasteiger partial charge in [-0.25, -0.2) is 0 Å². The summed E-state index contributed by atoms with van der Waals surface area (Å²) in [5.74, 6) is 0.156. The van der Waals surface area contributed by atoms with E-state index in [0.29, 0.717) is 6.54 Å². The Morgan fingerprint density at radius 1 is 1.24 bits per heavy atom. The lowest BCUT2D eigenvalue weighted by molar-refractivity contribution is -0.914. The first-order valence-electron chi connectivity index (χ1n) is 9.02. The van der Waals surface area contributed by atoms with Crippen molar-refractivity contribution in [2.24, 2.45) is 0 Å². The van der Waals surface area contributed by atoms with E-state index in [9.17, 15) is 4.79 Å². The van der Waals surface area contributed by atoms with Gasteiger partial charge in [-0.3, -0.25) is 4.79 Å². The Morgan fingerprint density at radius 2 is 2.00 bits per heavy atom. The summed E-state index contributed by atoms with van der Waals surface area (Å²) in [6, 6.07) is 10.6. The summed E-state index contributed by atoms with van der Waals surface area (Å²) in [4.78, 5) is 17.5. The number of hydrogen-bond donors (Lipinski definition) is 2. The quantitative estimate of drug-likeness (QED) is 0.855. The molecule has 2 aromatic rings. The fraction of sp³-hybridized carbons (Fsp3) is 0.450. The topological polar surface area (TPSA) is 36.8 Å². The van der Waals surface area contributed by atoms with Crippen molar-refractivity contribution in [3.05, 3.63) is 51.7 Å². The van der Waals surface area contributed by atoms with Crippen molar-refractivity contribution in [2.45, 2.75) is 33.4 Å². The number of anilines is 1. The van der Waals surface area contributed by atoms with Crippen LogP contribution >= 0.6 is 11.3 Å².